The van der Waals surface area contributed by atoms with Crippen molar-refractivity contribution in [1.82, 2.24) is 10.0 Å². The Labute approximate surface area is 133 Å². The van der Waals surface area contributed by atoms with Gasteiger partial charge in [-0.2, -0.15) is 0 Å². The summed E-state index contributed by atoms with van der Waals surface area (Å²) < 4.78 is 24.2. The molecule has 2 N–H and O–H groups in total. The second kappa shape index (κ2) is 7.00. The topological polar surface area (TPSA) is 75.3 Å². The molecule has 1 atom stereocenters. The second-order valence-electron chi connectivity index (χ2n) is 4.86. The smallest absolute Gasteiger partial charge is 0.221 e. The molecular weight excluding hydrogens is 332 g/mol. The van der Waals surface area contributed by atoms with Crippen molar-refractivity contribution in [3.05, 3.63) is 28.8 Å². The summed E-state index contributed by atoms with van der Waals surface area (Å²) in [5.74, 6) is 0.759. The zero-order valence-corrected chi connectivity index (χ0v) is 13.9. The molecule has 2 rings (SSSR count). The van der Waals surface area contributed by atoms with Crippen LogP contribution in [0.5, 0.6) is 0 Å². The molecule has 0 aromatic heterocycles. The summed E-state index contributed by atoms with van der Waals surface area (Å²) in [6.45, 7) is 0.106. The molecule has 0 bridgehead atoms. The number of fused-ring (bicyclic) bond motifs is 1. The molecule has 1 aromatic carbocycles. The van der Waals surface area contributed by atoms with Crippen molar-refractivity contribution < 1.29 is 13.2 Å². The van der Waals surface area contributed by atoms with Gasteiger partial charge in [-0.1, -0.05) is 11.6 Å². The van der Waals surface area contributed by atoms with Crippen LogP contribution in [0.4, 0.5) is 0 Å². The lowest BCUT2D eigenvalue weighted by Crippen LogP contribution is -2.33. The van der Waals surface area contributed by atoms with E-state index in [1.807, 2.05) is 18.2 Å². The van der Waals surface area contributed by atoms with E-state index < -0.39 is 10.0 Å². The van der Waals surface area contributed by atoms with Gasteiger partial charge in [-0.25, -0.2) is 13.1 Å². The normalized spacial score (nSPS) is 18.1. The average molecular weight is 349 g/mol. The Morgan fingerprint density at radius 3 is 2.95 bits per heavy atom. The SMILES string of the molecule is CS(=O)(=O)NCCC(=O)NC1CCSc2ccc(Cl)cc21. The molecule has 5 nitrogen and oxygen atoms in total. The molecular formula is C13H17ClN2O3S2. The van der Waals surface area contributed by atoms with E-state index in [2.05, 4.69) is 10.0 Å². The number of benzene rings is 1. The first kappa shape index (κ1) is 16.6. The summed E-state index contributed by atoms with van der Waals surface area (Å²) in [5, 5.41) is 3.59. The van der Waals surface area contributed by atoms with E-state index in [1.165, 1.54) is 0 Å². The van der Waals surface area contributed by atoms with Gasteiger partial charge >= 0.3 is 0 Å². The standard InChI is InChI=1S/C13H17ClN2O3S2/c1-21(18,19)15-6-4-13(17)16-11-5-7-20-12-3-2-9(14)8-10(11)12/h2-3,8,11,15H,4-7H2,1H3,(H,16,17). The first-order chi connectivity index (χ1) is 9.85. The van der Waals surface area contributed by atoms with Crippen LogP contribution in [-0.2, 0) is 14.8 Å². The number of nitrogens with one attached hydrogen (secondary N) is 2. The molecule has 1 aliphatic rings. The van der Waals surface area contributed by atoms with Gasteiger partial charge in [0.2, 0.25) is 15.9 Å². The van der Waals surface area contributed by atoms with Gasteiger partial charge < -0.3 is 5.32 Å². The Kier molecular flexibility index (Phi) is 5.54. The predicted molar refractivity (Wildman–Crippen MR) is 85.1 cm³/mol. The summed E-state index contributed by atoms with van der Waals surface area (Å²) in [6, 6.07) is 5.62. The Bertz CT molecular complexity index is 634. The molecule has 0 aliphatic carbocycles. The zero-order valence-electron chi connectivity index (χ0n) is 11.6. The van der Waals surface area contributed by atoms with Crippen LogP contribution in [0.15, 0.2) is 23.1 Å². The van der Waals surface area contributed by atoms with Crippen LogP contribution < -0.4 is 10.0 Å². The van der Waals surface area contributed by atoms with Crippen molar-refractivity contribution in [2.45, 2.75) is 23.8 Å². The molecule has 116 valence electrons. The van der Waals surface area contributed by atoms with Crippen molar-refractivity contribution in [2.75, 3.05) is 18.6 Å². The van der Waals surface area contributed by atoms with Gasteiger partial charge in [-0.3, -0.25) is 4.79 Å². The van der Waals surface area contributed by atoms with E-state index in [-0.39, 0.29) is 24.9 Å². The Balaban J connectivity index is 1.95. The minimum atomic E-state index is -3.26. The van der Waals surface area contributed by atoms with Crippen LogP contribution in [0.2, 0.25) is 5.02 Å². The lowest BCUT2D eigenvalue weighted by Gasteiger charge is -2.26. The van der Waals surface area contributed by atoms with E-state index in [4.69, 9.17) is 11.6 Å². The highest BCUT2D eigenvalue weighted by atomic mass is 35.5. The quantitative estimate of drug-likeness (QED) is 0.852. The van der Waals surface area contributed by atoms with E-state index in [0.717, 1.165) is 28.9 Å². The number of hydrogen-bond donors (Lipinski definition) is 2. The number of thioether (sulfide) groups is 1. The first-order valence-corrected chi connectivity index (χ1v) is 9.77. The fraction of sp³-hybridized carbons (Fsp3) is 0.462. The number of halogens is 1. The third kappa shape index (κ3) is 5.18. The van der Waals surface area contributed by atoms with Crippen LogP contribution in [0.3, 0.4) is 0 Å². The van der Waals surface area contributed by atoms with Crippen LogP contribution in [0.25, 0.3) is 0 Å². The minimum absolute atomic E-state index is 0.0642. The van der Waals surface area contributed by atoms with Gasteiger partial charge in [0.05, 0.1) is 12.3 Å². The molecule has 1 heterocycles. The van der Waals surface area contributed by atoms with Gasteiger partial charge in [-0.15, -0.1) is 11.8 Å². The molecule has 0 saturated carbocycles. The number of rotatable bonds is 5. The van der Waals surface area contributed by atoms with Gasteiger partial charge in [-0.05, 0) is 30.2 Å². The maximum atomic E-state index is 11.9. The highest BCUT2D eigenvalue weighted by molar-refractivity contribution is 7.99. The maximum absolute atomic E-state index is 11.9. The summed E-state index contributed by atoms with van der Waals surface area (Å²) >= 11 is 7.76. The van der Waals surface area contributed by atoms with E-state index in [1.54, 1.807) is 11.8 Å². The highest BCUT2D eigenvalue weighted by Crippen LogP contribution is 2.37. The Hall–Kier alpha value is -0.760. The largest absolute Gasteiger partial charge is 0.349 e. The third-order valence-corrected chi connectivity index (χ3v) is 5.15. The molecule has 0 radical (unpaired) electrons. The number of carbonyl (C=O) groups excluding carboxylic acids is 1. The molecule has 1 aromatic rings. The lowest BCUT2D eigenvalue weighted by molar-refractivity contribution is -0.121. The van der Waals surface area contributed by atoms with Crippen LogP contribution >= 0.6 is 23.4 Å². The Morgan fingerprint density at radius 1 is 1.48 bits per heavy atom. The lowest BCUT2D eigenvalue weighted by atomic mass is 10.0. The van der Waals surface area contributed by atoms with Crippen molar-refractivity contribution in [2.24, 2.45) is 0 Å². The van der Waals surface area contributed by atoms with E-state index >= 15 is 0 Å². The van der Waals surface area contributed by atoms with Gasteiger partial charge in [0, 0.05) is 28.6 Å². The summed E-state index contributed by atoms with van der Waals surface area (Å²) in [4.78, 5) is 13.0. The van der Waals surface area contributed by atoms with E-state index in [9.17, 15) is 13.2 Å². The van der Waals surface area contributed by atoms with Crippen molar-refractivity contribution in [3.8, 4) is 0 Å². The first-order valence-electron chi connectivity index (χ1n) is 6.51. The molecule has 8 heteroatoms. The summed E-state index contributed by atoms with van der Waals surface area (Å²) in [5.41, 5.74) is 1.03. The van der Waals surface area contributed by atoms with Gasteiger partial charge in [0.1, 0.15) is 0 Å². The molecule has 1 unspecified atom stereocenters. The number of sulfonamides is 1. The van der Waals surface area contributed by atoms with Crippen LogP contribution in [0.1, 0.15) is 24.4 Å². The maximum Gasteiger partial charge on any atom is 0.221 e. The van der Waals surface area contributed by atoms with E-state index in [0.29, 0.717) is 5.02 Å². The number of amides is 1. The zero-order chi connectivity index (χ0) is 15.5. The second-order valence-corrected chi connectivity index (χ2v) is 8.26. The number of carbonyl (C=O) groups is 1. The van der Waals surface area contributed by atoms with Crippen LogP contribution in [-0.4, -0.2) is 32.9 Å². The van der Waals surface area contributed by atoms with Crippen molar-refractivity contribution in [3.63, 3.8) is 0 Å². The number of hydrogen-bond acceptors (Lipinski definition) is 4. The summed E-state index contributed by atoms with van der Waals surface area (Å²) in [7, 11) is -3.26. The summed E-state index contributed by atoms with van der Waals surface area (Å²) in [6.07, 6.45) is 2.03. The van der Waals surface area contributed by atoms with Crippen molar-refractivity contribution in [1.29, 1.82) is 0 Å². The molecule has 0 fully saturated rings. The molecule has 21 heavy (non-hydrogen) atoms. The monoisotopic (exact) mass is 348 g/mol. The van der Waals surface area contributed by atoms with Crippen molar-refractivity contribution >= 4 is 39.3 Å². The highest BCUT2D eigenvalue weighted by Gasteiger charge is 2.22. The molecule has 1 amide bonds. The third-order valence-electron chi connectivity index (χ3n) is 3.06. The fourth-order valence-electron chi connectivity index (χ4n) is 2.13. The molecule has 1 aliphatic heterocycles. The fourth-order valence-corrected chi connectivity index (χ4v) is 3.89. The predicted octanol–water partition coefficient (Wildman–Crippen LogP) is 1.93. The molecule has 0 spiro atoms. The molecule has 0 saturated heterocycles. The van der Waals surface area contributed by atoms with Crippen LogP contribution in [0, 0.1) is 0 Å². The van der Waals surface area contributed by atoms with Gasteiger partial charge in [0.25, 0.3) is 0 Å². The Morgan fingerprint density at radius 2 is 2.24 bits per heavy atom. The van der Waals surface area contributed by atoms with Gasteiger partial charge in [0.15, 0.2) is 0 Å². The average Bonchev–Trinajstić information content (AvgIpc) is 2.38. The minimum Gasteiger partial charge on any atom is -0.349 e.